The van der Waals surface area contributed by atoms with E-state index < -0.39 is 0 Å². The number of unbranched alkanes of at least 4 members (excludes halogenated alkanes) is 1. The predicted molar refractivity (Wildman–Crippen MR) is 185 cm³/mol. The highest BCUT2D eigenvalue weighted by Crippen LogP contribution is 2.29. The summed E-state index contributed by atoms with van der Waals surface area (Å²) in [4.78, 5) is 30.1. The minimum absolute atomic E-state index is 0.0196. The summed E-state index contributed by atoms with van der Waals surface area (Å²) in [6.07, 6.45) is 3.79. The number of ether oxygens (including phenoxy) is 1. The van der Waals surface area contributed by atoms with Crippen LogP contribution in [0.1, 0.15) is 61.3 Å². The van der Waals surface area contributed by atoms with Gasteiger partial charge in [0.15, 0.2) is 5.16 Å². The van der Waals surface area contributed by atoms with Crippen molar-refractivity contribution in [2.24, 2.45) is 0 Å². The first kappa shape index (κ1) is 33.8. The lowest BCUT2D eigenvalue weighted by molar-refractivity contribution is -0.133. The van der Waals surface area contributed by atoms with Crippen molar-refractivity contribution in [3.63, 3.8) is 0 Å². The average molecular weight is 681 g/mol. The molecule has 0 saturated carbocycles. The molecule has 0 radical (unpaired) electrons. The molecule has 242 valence electrons. The molecule has 1 atom stereocenters. The Morgan fingerprint density at radius 2 is 1.74 bits per heavy atom. The van der Waals surface area contributed by atoms with Crippen molar-refractivity contribution in [3.05, 3.63) is 99.8 Å². The lowest BCUT2D eigenvalue weighted by Gasteiger charge is -2.40. The number of rotatable bonds is 13. The number of hydrogen-bond donors (Lipinski definition) is 0. The number of aromatic nitrogens is 3. The second-order valence-electron chi connectivity index (χ2n) is 11.4. The van der Waals surface area contributed by atoms with Crippen molar-refractivity contribution in [2.75, 3.05) is 32.0 Å². The molecule has 0 aliphatic carbocycles. The monoisotopic (exact) mass is 679 g/mol. The van der Waals surface area contributed by atoms with Gasteiger partial charge in [0.2, 0.25) is 5.91 Å². The van der Waals surface area contributed by atoms with E-state index in [1.807, 2.05) is 75.9 Å². The van der Waals surface area contributed by atoms with Crippen LogP contribution in [0.2, 0.25) is 10.0 Å². The van der Waals surface area contributed by atoms with E-state index in [4.69, 9.17) is 27.9 Å². The molecule has 1 unspecified atom stereocenters. The highest BCUT2D eigenvalue weighted by Gasteiger charge is 2.30. The molecule has 1 fully saturated rings. The Balaban J connectivity index is 1.14. The summed E-state index contributed by atoms with van der Waals surface area (Å²) in [7, 11) is 0. The molecule has 2 amide bonds. The summed E-state index contributed by atoms with van der Waals surface area (Å²) in [6, 6.07) is 22.9. The van der Waals surface area contributed by atoms with Crippen LogP contribution in [0.15, 0.2) is 78.0 Å². The molecule has 8 nitrogen and oxygen atoms in total. The number of benzene rings is 3. The van der Waals surface area contributed by atoms with Gasteiger partial charge in [0, 0.05) is 49.8 Å². The van der Waals surface area contributed by atoms with E-state index in [1.54, 1.807) is 17.8 Å². The van der Waals surface area contributed by atoms with Crippen molar-refractivity contribution in [2.45, 2.75) is 57.1 Å². The fourth-order valence-electron chi connectivity index (χ4n) is 5.39. The Bertz CT molecular complexity index is 1620. The molecular formula is C35H39Cl2N5O3S. The minimum Gasteiger partial charge on any atom is -0.494 e. The molecule has 0 bridgehead atoms. The number of halogens is 2. The third-order valence-electron chi connectivity index (χ3n) is 7.94. The van der Waals surface area contributed by atoms with Gasteiger partial charge >= 0.3 is 0 Å². The highest BCUT2D eigenvalue weighted by atomic mass is 35.5. The number of nitrogens with zero attached hydrogens (tertiary/aromatic N) is 5. The van der Waals surface area contributed by atoms with Gasteiger partial charge in [-0.25, -0.2) is 0 Å². The number of thioether (sulfide) groups is 1. The van der Waals surface area contributed by atoms with Crippen molar-refractivity contribution in [3.8, 4) is 11.4 Å². The molecule has 3 aromatic carbocycles. The highest BCUT2D eigenvalue weighted by molar-refractivity contribution is 7.99. The maximum atomic E-state index is 13.2. The first-order valence-electron chi connectivity index (χ1n) is 15.7. The second-order valence-corrected chi connectivity index (χ2v) is 13.2. The van der Waals surface area contributed by atoms with Crippen LogP contribution in [0.3, 0.4) is 0 Å². The first-order valence-corrected chi connectivity index (χ1v) is 17.5. The van der Waals surface area contributed by atoms with Crippen molar-refractivity contribution in [1.82, 2.24) is 24.6 Å². The van der Waals surface area contributed by atoms with Gasteiger partial charge in [0.1, 0.15) is 11.6 Å². The van der Waals surface area contributed by atoms with Gasteiger partial charge in [0.05, 0.1) is 22.3 Å². The van der Waals surface area contributed by atoms with E-state index in [9.17, 15) is 9.59 Å². The molecule has 0 N–H and O–H groups in total. The zero-order valence-electron chi connectivity index (χ0n) is 26.2. The molecule has 11 heteroatoms. The largest absolute Gasteiger partial charge is 0.494 e. The molecule has 46 heavy (non-hydrogen) atoms. The maximum Gasteiger partial charge on any atom is 0.254 e. The van der Waals surface area contributed by atoms with E-state index in [0.29, 0.717) is 66.9 Å². The molecular weight excluding hydrogens is 641 g/mol. The van der Waals surface area contributed by atoms with Crippen LogP contribution in [0, 0.1) is 0 Å². The topological polar surface area (TPSA) is 80.6 Å². The molecule has 0 spiro atoms. The van der Waals surface area contributed by atoms with Crippen LogP contribution >= 0.6 is 35.0 Å². The molecule has 1 aliphatic rings. The second kappa shape index (κ2) is 16.3. The van der Waals surface area contributed by atoms with Crippen molar-refractivity contribution in [1.29, 1.82) is 0 Å². The van der Waals surface area contributed by atoms with Crippen LogP contribution in [0.4, 0.5) is 0 Å². The Hall–Kier alpha value is -3.53. The lowest BCUT2D eigenvalue weighted by atomic mass is 10.1. The summed E-state index contributed by atoms with van der Waals surface area (Å²) in [6.45, 7) is 6.34. The number of amides is 2. The van der Waals surface area contributed by atoms with E-state index in [-0.39, 0.29) is 17.9 Å². The fraction of sp³-hybridized carbons (Fsp3) is 0.371. The number of piperazine rings is 1. The van der Waals surface area contributed by atoms with Gasteiger partial charge in [-0.2, -0.15) is 0 Å². The standard InChI is InChI=1S/C35H39Cl2N5O3S/c1-3-4-20-45-29-15-12-27(13-16-29)34(44)41-19-18-40(24-25(41)2)33(43)11-8-21-46-35-39-38-32(22-26-9-6-5-7-10-26)42(35)28-14-17-30(36)31(37)23-28/h5-7,9-10,12-17,23,25H,3-4,8,11,18-22,24H2,1-2H3. The Morgan fingerprint density at radius 3 is 2.46 bits per heavy atom. The number of carbonyl (C=O) groups excluding carboxylic acids is 2. The Kier molecular flexibility index (Phi) is 12.0. The van der Waals surface area contributed by atoms with Gasteiger partial charge in [-0.05, 0) is 67.8 Å². The van der Waals surface area contributed by atoms with Crippen molar-refractivity contribution >= 4 is 46.8 Å². The van der Waals surface area contributed by atoms with E-state index >= 15 is 0 Å². The molecule has 5 rings (SSSR count). The van der Waals surface area contributed by atoms with Gasteiger partial charge in [-0.15, -0.1) is 10.2 Å². The molecule has 2 heterocycles. The van der Waals surface area contributed by atoms with E-state index in [1.165, 1.54) is 0 Å². The smallest absolute Gasteiger partial charge is 0.254 e. The van der Waals surface area contributed by atoms with Crippen LogP contribution in [-0.4, -0.2) is 74.4 Å². The van der Waals surface area contributed by atoms with E-state index in [2.05, 4.69) is 29.3 Å². The lowest BCUT2D eigenvalue weighted by Crippen LogP contribution is -2.55. The average Bonchev–Trinajstić information content (AvgIpc) is 3.46. The zero-order valence-corrected chi connectivity index (χ0v) is 28.5. The maximum absolute atomic E-state index is 13.2. The minimum atomic E-state index is -0.0761. The Labute approximate surface area is 285 Å². The van der Waals surface area contributed by atoms with Crippen molar-refractivity contribution < 1.29 is 14.3 Å². The van der Waals surface area contributed by atoms with E-state index in [0.717, 1.165) is 40.8 Å². The SMILES string of the molecule is CCCCOc1ccc(C(=O)N2CCN(C(=O)CCCSc3nnc(Cc4ccccc4)n3-c3ccc(Cl)c(Cl)c3)CC2C)cc1. The van der Waals surface area contributed by atoms with Crippen LogP contribution in [0.5, 0.6) is 5.75 Å². The Morgan fingerprint density at radius 1 is 0.957 bits per heavy atom. The van der Waals surface area contributed by atoms with Gasteiger partial charge in [0.25, 0.3) is 5.91 Å². The quantitative estimate of drug-likeness (QED) is 0.107. The van der Waals surface area contributed by atoms with Gasteiger partial charge in [-0.3, -0.25) is 14.2 Å². The normalized spacial score (nSPS) is 14.8. The zero-order chi connectivity index (χ0) is 32.5. The van der Waals surface area contributed by atoms with Crippen LogP contribution in [-0.2, 0) is 11.2 Å². The fourth-order valence-corrected chi connectivity index (χ4v) is 6.60. The third-order valence-corrected chi connectivity index (χ3v) is 9.70. The van der Waals surface area contributed by atoms with Gasteiger partial charge in [-0.1, -0.05) is 78.6 Å². The summed E-state index contributed by atoms with van der Waals surface area (Å²) >= 11 is 14.1. The number of hydrogen-bond acceptors (Lipinski definition) is 6. The summed E-state index contributed by atoms with van der Waals surface area (Å²) in [5.74, 6) is 2.34. The number of carbonyl (C=O) groups is 2. The molecule has 1 aromatic heterocycles. The summed E-state index contributed by atoms with van der Waals surface area (Å²) in [5, 5.41) is 10.7. The molecule has 4 aromatic rings. The first-order chi connectivity index (χ1) is 22.3. The van der Waals surface area contributed by atoms with Crippen LogP contribution in [0.25, 0.3) is 5.69 Å². The molecule has 1 saturated heterocycles. The van der Waals surface area contributed by atoms with Gasteiger partial charge < -0.3 is 14.5 Å². The predicted octanol–water partition coefficient (Wildman–Crippen LogP) is 7.59. The van der Waals surface area contributed by atoms with Crippen LogP contribution < -0.4 is 4.74 Å². The third kappa shape index (κ3) is 8.63. The summed E-state index contributed by atoms with van der Waals surface area (Å²) in [5.41, 5.74) is 2.59. The molecule has 1 aliphatic heterocycles. The summed E-state index contributed by atoms with van der Waals surface area (Å²) < 4.78 is 7.73.